The van der Waals surface area contributed by atoms with Gasteiger partial charge in [0.25, 0.3) is 0 Å². The molecule has 0 spiro atoms. The highest BCUT2D eigenvalue weighted by molar-refractivity contribution is 6.19. The van der Waals surface area contributed by atoms with Crippen LogP contribution < -0.4 is 5.32 Å². The van der Waals surface area contributed by atoms with Crippen LogP contribution in [0.25, 0.3) is 0 Å². The Morgan fingerprint density at radius 2 is 2.10 bits per heavy atom. The van der Waals surface area contributed by atoms with Gasteiger partial charge in [0.1, 0.15) is 11.7 Å². The third-order valence-electron chi connectivity index (χ3n) is 3.07. The average Bonchev–Trinajstić information content (AvgIpc) is 2.42. The Hall–Kier alpha value is -2.68. The predicted octanol–water partition coefficient (Wildman–Crippen LogP) is 1.40. The van der Waals surface area contributed by atoms with Crippen LogP contribution >= 0.6 is 0 Å². The molecule has 4 amide bonds. The average molecular weight is 288 g/mol. The number of imide groups is 2. The first kappa shape index (κ1) is 14.7. The Bertz CT molecular complexity index is 660. The van der Waals surface area contributed by atoms with E-state index in [1.165, 1.54) is 18.2 Å². The molecule has 1 fully saturated rings. The number of nitrogens with one attached hydrogen (secondary N) is 1. The molecule has 1 aromatic carbocycles. The number of hydrogen-bond donors (Lipinski definition) is 1. The summed E-state index contributed by atoms with van der Waals surface area (Å²) in [6.45, 7) is 1.74. The van der Waals surface area contributed by atoms with Crippen LogP contribution in [-0.2, 0) is 9.59 Å². The Morgan fingerprint density at radius 1 is 1.33 bits per heavy atom. The second-order valence-corrected chi connectivity index (χ2v) is 4.45. The fraction of sp³-hybridized carbons (Fsp3) is 0.267. The van der Waals surface area contributed by atoms with Crippen molar-refractivity contribution in [3.63, 3.8) is 0 Å². The topological polar surface area (TPSA) is 66.5 Å². The van der Waals surface area contributed by atoms with Gasteiger partial charge in [0.05, 0.1) is 0 Å². The summed E-state index contributed by atoms with van der Waals surface area (Å²) in [4.78, 5) is 36.8. The van der Waals surface area contributed by atoms with Gasteiger partial charge in [0.2, 0.25) is 11.8 Å². The number of barbiturate groups is 1. The fourth-order valence-corrected chi connectivity index (χ4v) is 2.10. The van der Waals surface area contributed by atoms with Gasteiger partial charge in [-0.05, 0) is 24.6 Å². The van der Waals surface area contributed by atoms with E-state index in [0.29, 0.717) is 6.42 Å². The van der Waals surface area contributed by atoms with E-state index in [2.05, 4.69) is 17.2 Å². The second-order valence-electron chi connectivity index (χ2n) is 4.45. The first-order chi connectivity index (χ1) is 10.0. The van der Waals surface area contributed by atoms with E-state index in [1.807, 2.05) is 0 Å². The summed E-state index contributed by atoms with van der Waals surface area (Å²) >= 11 is 0. The Labute approximate surface area is 121 Å². The molecular formula is C15H13FN2O3. The number of urea groups is 1. The van der Waals surface area contributed by atoms with Gasteiger partial charge < -0.3 is 0 Å². The van der Waals surface area contributed by atoms with Crippen molar-refractivity contribution < 1.29 is 18.8 Å². The van der Waals surface area contributed by atoms with Crippen molar-refractivity contribution in [2.75, 3.05) is 6.54 Å². The Morgan fingerprint density at radius 3 is 2.76 bits per heavy atom. The fourth-order valence-electron chi connectivity index (χ4n) is 2.10. The molecule has 1 heterocycles. The number of hydrogen-bond acceptors (Lipinski definition) is 3. The summed E-state index contributed by atoms with van der Waals surface area (Å²) < 4.78 is 13.3. The minimum atomic E-state index is -1.21. The van der Waals surface area contributed by atoms with Crippen molar-refractivity contribution >= 4 is 17.8 Å². The van der Waals surface area contributed by atoms with Gasteiger partial charge in [-0.2, -0.15) is 0 Å². The van der Waals surface area contributed by atoms with Crippen molar-refractivity contribution in [2.45, 2.75) is 19.3 Å². The molecule has 1 atom stereocenters. The number of carbonyl (C=O) groups excluding carboxylic acids is 3. The van der Waals surface area contributed by atoms with E-state index in [-0.39, 0.29) is 12.1 Å². The van der Waals surface area contributed by atoms with E-state index in [0.717, 1.165) is 11.0 Å². The predicted molar refractivity (Wildman–Crippen MR) is 72.5 cm³/mol. The summed E-state index contributed by atoms with van der Waals surface area (Å²) in [5.41, 5.74) is 0.219. The molecule has 0 radical (unpaired) electrons. The van der Waals surface area contributed by atoms with Crippen molar-refractivity contribution in [3.05, 3.63) is 35.6 Å². The molecule has 0 saturated carbocycles. The third-order valence-corrected chi connectivity index (χ3v) is 3.07. The van der Waals surface area contributed by atoms with Gasteiger partial charge in [-0.15, -0.1) is 11.8 Å². The number of benzene rings is 1. The van der Waals surface area contributed by atoms with Gasteiger partial charge in [-0.1, -0.05) is 12.1 Å². The quantitative estimate of drug-likeness (QED) is 0.675. The Balaban J connectivity index is 2.28. The molecule has 2 rings (SSSR count). The molecule has 1 unspecified atom stereocenters. The van der Waals surface area contributed by atoms with Crippen LogP contribution in [0.3, 0.4) is 0 Å². The molecular weight excluding hydrogens is 275 g/mol. The van der Waals surface area contributed by atoms with E-state index < -0.39 is 29.6 Å². The number of carbonyl (C=O) groups is 3. The van der Waals surface area contributed by atoms with Crippen LogP contribution in [0, 0.1) is 17.7 Å². The summed E-state index contributed by atoms with van der Waals surface area (Å²) in [6.07, 6.45) is 0.319. The minimum Gasteiger partial charge on any atom is -0.277 e. The van der Waals surface area contributed by atoms with E-state index in [4.69, 9.17) is 0 Å². The second kappa shape index (κ2) is 6.18. The molecule has 1 aliphatic rings. The summed E-state index contributed by atoms with van der Waals surface area (Å²) in [5, 5.41) is 2.11. The van der Waals surface area contributed by atoms with Gasteiger partial charge in [0.15, 0.2) is 0 Å². The van der Waals surface area contributed by atoms with E-state index >= 15 is 0 Å². The molecule has 21 heavy (non-hydrogen) atoms. The third kappa shape index (κ3) is 3.08. The molecule has 0 aliphatic carbocycles. The number of nitrogens with zero attached hydrogens (tertiary/aromatic N) is 1. The highest BCUT2D eigenvalue weighted by Gasteiger charge is 2.41. The van der Waals surface area contributed by atoms with Crippen molar-refractivity contribution in [3.8, 4) is 11.8 Å². The zero-order valence-electron chi connectivity index (χ0n) is 11.4. The van der Waals surface area contributed by atoms with Crippen molar-refractivity contribution in [1.29, 1.82) is 0 Å². The van der Waals surface area contributed by atoms with Crippen molar-refractivity contribution in [2.24, 2.45) is 0 Å². The van der Waals surface area contributed by atoms with E-state index in [1.54, 1.807) is 6.92 Å². The maximum Gasteiger partial charge on any atom is 0.330 e. The van der Waals surface area contributed by atoms with Crippen LogP contribution in [-0.4, -0.2) is 29.3 Å². The summed E-state index contributed by atoms with van der Waals surface area (Å²) in [5.74, 6) is 2.24. The molecule has 0 bridgehead atoms. The maximum atomic E-state index is 13.3. The maximum absolute atomic E-state index is 13.3. The number of amides is 4. The van der Waals surface area contributed by atoms with E-state index in [9.17, 15) is 18.8 Å². The number of rotatable bonds is 3. The largest absolute Gasteiger partial charge is 0.330 e. The van der Waals surface area contributed by atoms with Gasteiger partial charge in [0, 0.05) is 13.0 Å². The highest BCUT2D eigenvalue weighted by Crippen LogP contribution is 2.23. The number of halogens is 1. The molecule has 108 valence electrons. The van der Waals surface area contributed by atoms with Gasteiger partial charge in [-0.25, -0.2) is 9.18 Å². The van der Waals surface area contributed by atoms with Crippen molar-refractivity contribution in [1.82, 2.24) is 10.2 Å². The molecule has 1 aliphatic heterocycles. The molecule has 1 N–H and O–H groups in total. The van der Waals surface area contributed by atoms with Crippen LogP contribution in [0.2, 0.25) is 0 Å². The van der Waals surface area contributed by atoms with Crippen LogP contribution in [0.1, 0.15) is 24.8 Å². The van der Waals surface area contributed by atoms with Crippen LogP contribution in [0.5, 0.6) is 0 Å². The van der Waals surface area contributed by atoms with Gasteiger partial charge in [-0.3, -0.25) is 19.8 Å². The molecule has 1 saturated heterocycles. The molecule has 1 aromatic rings. The van der Waals surface area contributed by atoms with Gasteiger partial charge >= 0.3 is 6.03 Å². The summed E-state index contributed by atoms with van der Waals surface area (Å²) in [7, 11) is 0. The lowest BCUT2D eigenvalue weighted by Crippen LogP contribution is -2.56. The van der Waals surface area contributed by atoms with Crippen LogP contribution in [0.15, 0.2) is 24.3 Å². The molecule has 5 nitrogen and oxygen atoms in total. The first-order valence-electron chi connectivity index (χ1n) is 6.36. The SMILES string of the molecule is CC#CCCN1C(=O)NC(=O)C(c2cccc(F)c2)C1=O. The summed E-state index contributed by atoms with van der Waals surface area (Å²) in [6, 6.07) is 4.45. The molecule has 0 aromatic heterocycles. The lowest BCUT2D eigenvalue weighted by Gasteiger charge is -2.29. The smallest absolute Gasteiger partial charge is 0.277 e. The zero-order chi connectivity index (χ0) is 15.4. The normalized spacial score (nSPS) is 18.1. The zero-order valence-corrected chi connectivity index (χ0v) is 11.4. The molecule has 6 heteroatoms. The standard InChI is InChI=1S/C15H13FN2O3/c1-2-3-4-8-18-14(20)12(13(19)17-15(18)21)10-6-5-7-11(16)9-10/h5-7,9,12H,4,8H2,1H3,(H,17,19,21). The van der Waals surface area contributed by atoms with Crippen LogP contribution in [0.4, 0.5) is 9.18 Å². The first-order valence-corrected chi connectivity index (χ1v) is 6.36. The Kier molecular flexibility index (Phi) is 4.33. The monoisotopic (exact) mass is 288 g/mol. The minimum absolute atomic E-state index is 0.0879. The lowest BCUT2D eigenvalue weighted by molar-refractivity contribution is -0.138. The highest BCUT2D eigenvalue weighted by atomic mass is 19.1. The lowest BCUT2D eigenvalue weighted by atomic mass is 9.95.